The van der Waals surface area contributed by atoms with Crippen LogP contribution in [-0.4, -0.2) is 47.1 Å². The molecular weight excluding hydrogens is 220 g/mol. The molecule has 2 fully saturated rings. The van der Waals surface area contributed by atoms with Crippen molar-refractivity contribution >= 4 is 11.9 Å². The summed E-state index contributed by atoms with van der Waals surface area (Å²) < 4.78 is 0. The number of hydrogen-bond acceptors (Lipinski definition) is 3. The van der Waals surface area contributed by atoms with E-state index in [0.717, 1.165) is 38.6 Å². The fraction of sp³-hybridized carbons (Fsp3) is 0.833. The van der Waals surface area contributed by atoms with Gasteiger partial charge in [-0.3, -0.25) is 9.59 Å². The normalized spacial score (nSPS) is 24.4. The summed E-state index contributed by atoms with van der Waals surface area (Å²) in [5.74, 6) is -0.916. The van der Waals surface area contributed by atoms with Crippen LogP contribution in [0, 0.1) is 0 Å². The van der Waals surface area contributed by atoms with Crippen molar-refractivity contribution in [2.75, 3.05) is 13.1 Å². The van der Waals surface area contributed by atoms with Gasteiger partial charge in [-0.2, -0.15) is 0 Å². The summed E-state index contributed by atoms with van der Waals surface area (Å²) in [7, 11) is 0. The molecule has 1 amide bonds. The lowest BCUT2D eigenvalue weighted by atomic mass is 9.91. The molecule has 1 aliphatic heterocycles. The topological polar surface area (TPSA) is 69.6 Å². The van der Waals surface area contributed by atoms with Crippen molar-refractivity contribution in [2.24, 2.45) is 0 Å². The van der Waals surface area contributed by atoms with E-state index in [1.54, 1.807) is 4.90 Å². The summed E-state index contributed by atoms with van der Waals surface area (Å²) in [5, 5.41) is 12.1. The summed E-state index contributed by atoms with van der Waals surface area (Å²) in [6, 6.07) is 0.416. The van der Waals surface area contributed by atoms with E-state index in [-0.39, 0.29) is 24.5 Å². The molecule has 1 saturated carbocycles. The van der Waals surface area contributed by atoms with E-state index in [2.05, 4.69) is 5.32 Å². The molecule has 2 N–H and O–H groups in total. The fourth-order valence-electron chi connectivity index (χ4n) is 2.52. The maximum Gasteiger partial charge on any atom is 0.323 e. The average molecular weight is 240 g/mol. The van der Waals surface area contributed by atoms with Crippen LogP contribution in [0.15, 0.2) is 0 Å². The van der Waals surface area contributed by atoms with E-state index in [1.807, 2.05) is 0 Å². The van der Waals surface area contributed by atoms with Crippen LogP contribution >= 0.6 is 0 Å². The van der Waals surface area contributed by atoms with Crippen LogP contribution in [0.4, 0.5) is 0 Å². The second-order valence-corrected chi connectivity index (χ2v) is 5.00. The van der Waals surface area contributed by atoms with Gasteiger partial charge in [0, 0.05) is 18.5 Å². The molecule has 5 heteroatoms. The molecule has 1 heterocycles. The van der Waals surface area contributed by atoms with E-state index in [4.69, 9.17) is 5.11 Å². The summed E-state index contributed by atoms with van der Waals surface area (Å²) in [6.45, 7) is 0.830. The molecule has 96 valence electrons. The number of carbonyl (C=O) groups excluding carboxylic acids is 1. The standard InChI is InChI=1S/C12H20N2O3/c15-11(7-9-3-2-6-13-9)14(8-12(16)17)10-4-1-5-10/h9-10,13H,1-8H2,(H,16,17). The summed E-state index contributed by atoms with van der Waals surface area (Å²) in [4.78, 5) is 24.4. The molecule has 2 aliphatic rings. The third-order valence-corrected chi connectivity index (χ3v) is 3.72. The molecule has 2 rings (SSSR count). The first-order valence-electron chi connectivity index (χ1n) is 6.41. The zero-order valence-corrected chi connectivity index (χ0v) is 10.0. The number of carbonyl (C=O) groups is 2. The van der Waals surface area contributed by atoms with Crippen LogP contribution in [0.5, 0.6) is 0 Å². The van der Waals surface area contributed by atoms with Crippen LogP contribution in [0.25, 0.3) is 0 Å². The van der Waals surface area contributed by atoms with Crippen LogP contribution < -0.4 is 5.32 Å². The fourth-order valence-corrected chi connectivity index (χ4v) is 2.52. The van der Waals surface area contributed by atoms with Gasteiger partial charge in [0.25, 0.3) is 0 Å². The highest BCUT2D eigenvalue weighted by molar-refractivity contribution is 5.82. The van der Waals surface area contributed by atoms with Crippen molar-refractivity contribution in [3.05, 3.63) is 0 Å². The van der Waals surface area contributed by atoms with Crippen molar-refractivity contribution in [1.82, 2.24) is 10.2 Å². The molecule has 1 atom stereocenters. The number of carboxylic acid groups (broad SMARTS) is 1. The lowest BCUT2D eigenvalue weighted by molar-refractivity contribution is -0.147. The van der Waals surface area contributed by atoms with Crippen LogP contribution in [0.3, 0.4) is 0 Å². The minimum absolute atomic E-state index is 0.00324. The molecule has 0 aromatic heterocycles. The number of nitrogens with zero attached hydrogens (tertiary/aromatic N) is 1. The highest BCUT2D eigenvalue weighted by Crippen LogP contribution is 2.25. The van der Waals surface area contributed by atoms with E-state index >= 15 is 0 Å². The summed E-state index contributed by atoms with van der Waals surface area (Å²) in [5.41, 5.74) is 0. The number of rotatable bonds is 5. The number of hydrogen-bond donors (Lipinski definition) is 2. The predicted molar refractivity (Wildman–Crippen MR) is 62.6 cm³/mol. The molecule has 0 aromatic carbocycles. The van der Waals surface area contributed by atoms with Gasteiger partial charge < -0.3 is 15.3 Å². The Balaban J connectivity index is 1.88. The Bertz CT molecular complexity index is 296. The first kappa shape index (κ1) is 12.4. The SMILES string of the molecule is O=C(O)CN(C(=O)CC1CCCN1)C1CCC1. The lowest BCUT2D eigenvalue weighted by Gasteiger charge is -2.37. The molecule has 5 nitrogen and oxygen atoms in total. The Morgan fingerprint density at radius 1 is 1.24 bits per heavy atom. The predicted octanol–water partition coefficient (Wildman–Crippen LogP) is 0.594. The number of nitrogens with one attached hydrogen (secondary N) is 1. The Labute approximate surface area is 101 Å². The van der Waals surface area contributed by atoms with Crippen molar-refractivity contribution in [3.63, 3.8) is 0 Å². The second kappa shape index (κ2) is 5.49. The monoisotopic (exact) mass is 240 g/mol. The first-order chi connectivity index (χ1) is 8.16. The average Bonchev–Trinajstić information content (AvgIpc) is 2.65. The largest absolute Gasteiger partial charge is 0.480 e. The Morgan fingerprint density at radius 3 is 2.47 bits per heavy atom. The van der Waals surface area contributed by atoms with Crippen molar-refractivity contribution < 1.29 is 14.7 Å². The van der Waals surface area contributed by atoms with Crippen molar-refractivity contribution in [3.8, 4) is 0 Å². The molecular formula is C12H20N2O3. The van der Waals surface area contributed by atoms with Gasteiger partial charge in [0.1, 0.15) is 6.54 Å². The van der Waals surface area contributed by atoms with Gasteiger partial charge >= 0.3 is 5.97 Å². The Hall–Kier alpha value is -1.10. The van der Waals surface area contributed by atoms with Gasteiger partial charge in [0.2, 0.25) is 5.91 Å². The van der Waals surface area contributed by atoms with Crippen molar-refractivity contribution in [1.29, 1.82) is 0 Å². The second-order valence-electron chi connectivity index (χ2n) is 5.00. The zero-order valence-electron chi connectivity index (χ0n) is 10.0. The zero-order chi connectivity index (χ0) is 12.3. The van der Waals surface area contributed by atoms with Crippen molar-refractivity contribution in [2.45, 2.75) is 50.6 Å². The highest BCUT2D eigenvalue weighted by Gasteiger charge is 2.31. The van der Waals surface area contributed by atoms with E-state index in [0.29, 0.717) is 6.42 Å². The maximum atomic E-state index is 12.1. The molecule has 17 heavy (non-hydrogen) atoms. The first-order valence-corrected chi connectivity index (χ1v) is 6.41. The molecule has 0 bridgehead atoms. The molecule has 1 aliphatic carbocycles. The van der Waals surface area contributed by atoms with Gasteiger partial charge in [0.05, 0.1) is 0 Å². The minimum Gasteiger partial charge on any atom is -0.480 e. The maximum absolute atomic E-state index is 12.1. The highest BCUT2D eigenvalue weighted by atomic mass is 16.4. The minimum atomic E-state index is -0.912. The molecule has 0 radical (unpaired) electrons. The van der Waals surface area contributed by atoms with E-state index in [9.17, 15) is 9.59 Å². The third-order valence-electron chi connectivity index (χ3n) is 3.72. The Kier molecular flexibility index (Phi) is 3.99. The van der Waals surface area contributed by atoms with Crippen LogP contribution in [0.1, 0.15) is 38.5 Å². The molecule has 1 unspecified atom stereocenters. The van der Waals surface area contributed by atoms with E-state index in [1.165, 1.54) is 0 Å². The lowest BCUT2D eigenvalue weighted by Crippen LogP contribution is -2.48. The Morgan fingerprint density at radius 2 is 2.00 bits per heavy atom. The van der Waals surface area contributed by atoms with Crippen LogP contribution in [0.2, 0.25) is 0 Å². The summed E-state index contributed by atoms with van der Waals surface area (Å²) in [6.07, 6.45) is 5.60. The number of carboxylic acids is 1. The molecule has 1 saturated heterocycles. The van der Waals surface area contributed by atoms with E-state index < -0.39 is 5.97 Å². The third kappa shape index (κ3) is 3.19. The quantitative estimate of drug-likeness (QED) is 0.738. The van der Waals surface area contributed by atoms with Gasteiger partial charge in [-0.15, -0.1) is 0 Å². The van der Waals surface area contributed by atoms with Gasteiger partial charge in [0.15, 0.2) is 0 Å². The number of amides is 1. The summed E-state index contributed by atoms with van der Waals surface area (Å²) >= 11 is 0. The smallest absolute Gasteiger partial charge is 0.323 e. The van der Waals surface area contributed by atoms with Crippen LogP contribution in [-0.2, 0) is 9.59 Å². The molecule has 0 spiro atoms. The molecule has 0 aromatic rings. The number of aliphatic carboxylic acids is 1. The van der Waals surface area contributed by atoms with Gasteiger partial charge in [-0.05, 0) is 38.6 Å². The van der Waals surface area contributed by atoms with Gasteiger partial charge in [-0.1, -0.05) is 0 Å². The van der Waals surface area contributed by atoms with Gasteiger partial charge in [-0.25, -0.2) is 0 Å².